The van der Waals surface area contributed by atoms with Gasteiger partial charge in [0.2, 0.25) is 0 Å². The Morgan fingerprint density at radius 3 is 2.80 bits per heavy atom. The molecule has 0 aromatic heterocycles. The van der Waals surface area contributed by atoms with Crippen molar-refractivity contribution in [3.8, 4) is 0 Å². The number of Topliss-reactive ketones (excluding diaryl/α,β-unsaturated/α-hetero) is 1. The molecule has 110 valence electrons. The molecule has 2 nitrogen and oxygen atoms in total. The van der Waals surface area contributed by atoms with Gasteiger partial charge in [-0.15, -0.1) is 0 Å². The molecule has 2 unspecified atom stereocenters. The maximum absolute atomic E-state index is 12.9. The Morgan fingerprint density at radius 1 is 1.45 bits per heavy atom. The number of halogens is 1. The van der Waals surface area contributed by atoms with E-state index in [1.165, 1.54) is 6.42 Å². The van der Waals surface area contributed by atoms with Crippen LogP contribution in [-0.4, -0.2) is 30.3 Å². The smallest absolute Gasteiger partial charge is 0.157 e. The molecule has 0 radical (unpaired) electrons. The molecule has 1 saturated carbocycles. The highest BCUT2D eigenvalue weighted by molar-refractivity contribution is 9.10. The van der Waals surface area contributed by atoms with Crippen LogP contribution in [0.15, 0.2) is 28.7 Å². The molecule has 1 aliphatic carbocycles. The van der Waals surface area contributed by atoms with Crippen LogP contribution < -0.4 is 0 Å². The van der Waals surface area contributed by atoms with Crippen molar-refractivity contribution in [3.05, 3.63) is 34.3 Å². The predicted octanol–water partition coefficient (Wildman–Crippen LogP) is 4.07. The summed E-state index contributed by atoms with van der Waals surface area (Å²) in [6.45, 7) is 2.27. The van der Waals surface area contributed by atoms with Gasteiger partial charge in [-0.2, -0.15) is 0 Å². The van der Waals surface area contributed by atoms with Crippen molar-refractivity contribution >= 4 is 21.7 Å². The van der Waals surface area contributed by atoms with Crippen molar-refractivity contribution in [3.63, 3.8) is 0 Å². The molecule has 1 fully saturated rings. The molecule has 1 aliphatic rings. The van der Waals surface area contributed by atoms with Gasteiger partial charge in [-0.25, -0.2) is 0 Å². The predicted molar refractivity (Wildman–Crippen MR) is 86.9 cm³/mol. The van der Waals surface area contributed by atoms with Gasteiger partial charge in [-0.05, 0) is 50.6 Å². The number of hydrogen-bond donors (Lipinski definition) is 0. The third kappa shape index (κ3) is 3.32. The van der Waals surface area contributed by atoms with Gasteiger partial charge < -0.3 is 0 Å². The first kappa shape index (κ1) is 15.7. The highest BCUT2D eigenvalue weighted by atomic mass is 79.9. The highest BCUT2D eigenvalue weighted by Gasteiger charge is 2.42. The molecular weight excluding hydrogens is 314 g/mol. The summed E-state index contributed by atoms with van der Waals surface area (Å²) >= 11 is 3.48. The summed E-state index contributed by atoms with van der Waals surface area (Å²) < 4.78 is 1.04. The number of carbonyl (C=O) groups is 1. The van der Waals surface area contributed by atoms with E-state index in [2.05, 4.69) is 41.8 Å². The topological polar surface area (TPSA) is 20.3 Å². The molecule has 1 aromatic rings. The molecular formula is C17H24BrNO. The third-order valence-corrected chi connectivity index (χ3v) is 5.10. The van der Waals surface area contributed by atoms with Crippen LogP contribution in [0.3, 0.4) is 0 Å². The highest BCUT2D eigenvalue weighted by Crippen LogP contribution is 2.37. The van der Waals surface area contributed by atoms with Gasteiger partial charge in [0.05, 0.1) is 5.54 Å². The lowest BCUT2D eigenvalue weighted by Crippen LogP contribution is -2.54. The molecule has 0 amide bonds. The van der Waals surface area contributed by atoms with E-state index < -0.39 is 0 Å². The van der Waals surface area contributed by atoms with Crippen molar-refractivity contribution in [2.45, 2.75) is 44.6 Å². The molecule has 2 atom stereocenters. The Morgan fingerprint density at radius 2 is 2.20 bits per heavy atom. The normalized spacial score (nSPS) is 26.8. The zero-order chi connectivity index (χ0) is 14.8. The maximum atomic E-state index is 12.9. The lowest BCUT2D eigenvalue weighted by atomic mass is 9.72. The van der Waals surface area contributed by atoms with Crippen LogP contribution in [0.4, 0.5) is 0 Å². The van der Waals surface area contributed by atoms with Gasteiger partial charge in [-0.3, -0.25) is 9.69 Å². The molecule has 0 heterocycles. The summed E-state index contributed by atoms with van der Waals surface area (Å²) in [6.07, 6.45) is 4.93. The van der Waals surface area contributed by atoms with E-state index in [-0.39, 0.29) is 5.54 Å². The largest absolute Gasteiger partial charge is 0.297 e. The van der Waals surface area contributed by atoms with E-state index in [1.807, 2.05) is 24.3 Å². The zero-order valence-electron chi connectivity index (χ0n) is 12.7. The summed E-state index contributed by atoms with van der Waals surface area (Å²) in [6, 6.07) is 8.09. The first-order valence-electron chi connectivity index (χ1n) is 7.39. The van der Waals surface area contributed by atoms with Crippen LogP contribution in [0, 0.1) is 5.92 Å². The molecule has 0 bridgehead atoms. The van der Waals surface area contributed by atoms with Gasteiger partial charge in [0.1, 0.15) is 0 Å². The minimum atomic E-state index is -0.264. The maximum Gasteiger partial charge on any atom is 0.157 e. The molecule has 2 rings (SSSR count). The summed E-state index contributed by atoms with van der Waals surface area (Å²) in [4.78, 5) is 15.1. The van der Waals surface area contributed by atoms with E-state index in [1.54, 1.807) is 0 Å². The van der Waals surface area contributed by atoms with Gasteiger partial charge in [0.25, 0.3) is 0 Å². The van der Waals surface area contributed by atoms with Crippen molar-refractivity contribution < 1.29 is 4.79 Å². The molecule has 1 aromatic carbocycles. The van der Waals surface area contributed by atoms with Crippen LogP contribution >= 0.6 is 15.9 Å². The number of likely N-dealkylation sites (N-methyl/N-ethyl adjacent to an activating group) is 1. The Balaban J connectivity index is 2.19. The van der Waals surface area contributed by atoms with Crippen LogP contribution in [0.2, 0.25) is 0 Å². The Kier molecular flexibility index (Phi) is 5.03. The molecule has 0 spiro atoms. The van der Waals surface area contributed by atoms with E-state index in [9.17, 15) is 4.79 Å². The van der Waals surface area contributed by atoms with Gasteiger partial charge >= 0.3 is 0 Å². The first-order chi connectivity index (χ1) is 9.44. The summed E-state index contributed by atoms with van der Waals surface area (Å²) in [5, 5.41) is 0. The lowest BCUT2D eigenvalue weighted by molar-refractivity contribution is -0.132. The minimum absolute atomic E-state index is 0.264. The molecule has 20 heavy (non-hydrogen) atoms. The lowest BCUT2D eigenvalue weighted by Gasteiger charge is -2.44. The van der Waals surface area contributed by atoms with Gasteiger partial charge in [-0.1, -0.05) is 47.8 Å². The number of rotatable bonds is 4. The number of ketones is 1. The van der Waals surface area contributed by atoms with Crippen molar-refractivity contribution in [2.24, 2.45) is 5.92 Å². The standard InChI is InChI=1S/C17H24BrNO/c1-13-6-5-9-17(12-13,19(2)3)16(20)11-14-7-4-8-15(18)10-14/h4,7-8,10,13H,5-6,9,11-12H2,1-3H3. The Bertz CT molecular complexity index is 486. The first-order valence-corrected chi connectivity index (χ1v) is 8.18. The summed E-state index contributed by atoms with van der Waals surface area (Å²) in [5.41, 5.74) is 0.837. The minimum Gasteiger partial charge on any atom is -0.297 e. The number of hydrogen-bond acceptors (Lipinski definition) is 2. The van der Waals surface area contributed by atoms with Crippen LogP contribution in [0.25, 0.3) is 0 Å². The fourth-order valence-electron chi connectivity index (χ4n) is 3.43. The SMILES string of the molecule is CC1CCCC(C(=O)Cc2cccc(Br)c2)(N(C)C)C1. The second kappa shape index (κ2) is 6.40. The van der Waals surface area contributed by atoms with E-state index >= 15 is 0 Å². The Labute approximate surface area is 130 Å². The van der Waals surface area contributed by atoms with E-state index in [0.717, 1.165) is 29.3 Å². The average molecular weight is 338 g/mol. The number of nitrogens with zero attached hydrogens (tertiary/aromatic N) is 1. The molecule has 0 N–H and O–H groups in total. The van der Waals surface area contributed by atoms with Crippen molar-refractivity contribution in [2.75, 3.05) is 14.1 Å². The summed E-state index contributed by atoms with van der Waals surface area (Å²) in [7, 11) is 4.10. The monoisotopic (exact) mass is 337 g/mol. The van der Waals surface area contributed by atoms with Gasteiger partial charge in [0.15, 0.2) is 5.78 Å². The van der Waals surface area contributed by atoms with Crippen LogP contribution in [-0.2, 0) is 11.2 Å². The quantitative estimate of drug-likeness (QED) is 0.825. The zero-order valence-corrected chi connectivity index (χ0v) is 14.2. The van der Waals surface area contributed by atoms with Crippen molar-refractivity contribution in [1.29, 1.82) is 0 Å². The average Bonchev–Trinajstić information content (AvgIpc) is 2.38. The second-order valence-corrected chi connectivity index (χ2v) is 7.27. The third-order valence-electron chi connectivity index (χ3n) is 4.60. The van der Waals surface area contributed by atoms with E-state index in [0.29, 0.717) is 18.1 Å². The van der Waals surface area contributed by atoms with Crippen LogP contribution in [0.5, 0.6) is 0 Å². The second-order valence-electron chi connectivity index (χ2n) is 6.36. The van der Waals surface area contributed by atoms with Gasteiger partial charge in [0, 0.05) is 10.9 Å². The Hall–Kier alpha value is -0.670. The number of benzene rings is 1. The van der Waals surface area contributed by atoms with E-state index in [4.69, 9.17) is 0 Å². The fraction of sp³-hybridized carbons (Fsp3) is 0.588. The fourth-order valence-corrected chi connectivity index (χ4v) is 3.88. The molecule has 0 aliphatic heterocycles. The van der Waals surface area contributed by atoms with Crippen LogP contribution in [0.1, 0.15) is 38.2 Å². The van der Waals surface area contributed by atoms with Crippen molar-refractivity contribution in [1.82, 2.24) is 4.90 Å². The number of carbonyl (C=O) groups excluding carboxylic acids is 1. The molecule has 3 heteroatoms. The summed E-state index contributed by atoms with van der Waals surface area (Å²) in [5.74, 6) is 1.00. The molecule has 0 saturated heterocycles.